The van der Waals surface area contributed by atoms with E-state index in [1.807, 2.05) is 44.3 Å². The normalized spacial score (nSPS) is 12.4. The summed E-state index contributed by atoms with van der Waals surface area (Å²) >= 11 is 1.25. The van der Waals surface area contributed by atoms with E-state index in [0.717, 1.165) is 22.9 Å². The number of carbonyl (C=O) groups is 1. The third-order valence-corrected chi connectivity index (χ3v) is 4.78. The smallest absolute Gasteiger partial charge is 0.277 e. The molecule has 0 aliphatic carbocycles. The van der Waals surface area contributed by atoms with Gasteiger partial charge >= 0.3 is 0 Å². The number of rotatable bonds is 9. The summed E-state index contributed by atoms with van der Waals surface area (Å²) in [7, 11) is 0. The molecular weight excluding hydrogens is 352 g/mol. The van der Waals surface area contributed by atoms with Crippen LogP contribution in [0.2, 0.25) is 0 Å². The Morgan fingerprint density at radius 3 is 3.08 bits per heavy atom. The van der Waals surface area contributed by atoms with Crippen LogP contribution in [0.3, 0.4) is 0 Å². The van der Waals surface area contributed by atoms with Gasteiger partial charge in [-0.15, -0.1) is 10.2 Å². The number of aromatic nitrogens is 3. The molecule has 1 unspecified atom stereocenters. The first kappa shape index (κ1) is 18.5. The molecule has 138 valence electrons. The number of hydrogen-bond acceptors (Lipinski definition) is 6. The van der Waals surface area contributed by atoms with E-state index in [2.05, 4.69) is 20.5 Å². The Kier molecular flexibility index (Phi) is 6.30. The maximum absolute atomic E-state index is 12.1. The first-order valence-electron chi connectivity index (χ1n) is 8.61. The Morgan fingerprint density at radius 1 is 1.38 bits per heavy atom. The molecule has 26 heavy (non-hydrogen) atoms. The lowest BCUT2D eigenvalue weighted by Gasteiger charge is -2.09. The Morgan fingerprint density at radius 2 is 2.23 bits per heavy atom. The number of nitrogens with zero attached hydrogens (tertiary/aromatic N) is 2. The van der Waals surface area contributed by atoms with Gasteiger partial charge in [-0.1, -0.05) is 30.0 Å². The van der Waals surface area contributed by atoms with Crippen LogP contribution in [0.1, 0.15) is 20.3 Å². The molecule has 0 fully saturated rings. The fourth-order valence-corrected chi connectivity index (χ4v) is 3.20. The van der Waals surface area contributed by atoms with Crippen LogP contribution in [0.5, 0.6) is 0 Å². The first-order chi connectivity index (χ1) is 12.7. The number of H-pyrrole nitrogens is 1. The molecule has 1 atom stereocenters. The molecular formula is C18H22N4O3S. The molecule has 0 aliphatic rings. The predicted molar refractivity (Wildman–Crippen MR) is 101 cm³/mol. The lowest BCUT2D eigenvalue weighted by Crippen LogP contribution is -2.32. The van der Waals surface area contributed by atoms with Crippen molar-refractivity contribution in [1.82, 2.24) is 20.5 Å². The van der Waals surface area contributed by atoms with Gasteiger partial charge < -0.3 is 19.5 Å². The number of carbonyl (C=O) groups excluding carboxylic acids is 1. The number of nitrogens with one attached hydrogen (secondary N) is 2. The number of hydrogen-bond donors (Lipinski definition) is 2. The van der Waals surface area contributed by atoms with Gasteiger partial charge in [0.15, 0.2) is 0 Å². The summed E-state index contributed by atoms with van der Waals surface area (Å²) in [4.78, 5) is 15.3. The molecule has 3 aromatic rings. The number of amides is 1. The largest absolute Gasteiger partial charge is 0.411 e. The Hall–Kier alpha value is -2.32. The van der Waals surface area contributed by atoms with Gasteiger partial charge in [-0.2, -0.15) is 0 Å². The van der Waals surface area contributed by atoms with Crippen molar-refractivity contribution in [3.05, 3.63) is 30.5 Å². The molecule has 8 heteroatoms. The monoisotopic (exact) mass is 374 g/mol. The zero-order chi connectivity index (χ0) is 18.4. The topological polar surface area (TPSA) is 93.0 Å². The molecule has 2 heterocycles. The van der Waals surface area contributed by atoms with Gasteiger partial charge in [-0.3, -0.25) is 4.79 Å². The van der Waals surface area contributed by atoms with Gasteiger partial charge in [-0.25, -0.2) is 0 Å². The maximum Gasteiger partial charge on any atom is 0.277 e. The van der Waals surface area contributed by atoms with Crippen molar-refractivity contribution < 1.29 is 13.9 Å². The molecule has 0 aliphatic heterocycles. The van der Waals surface area contributed by atoms with Crippen LogP contribution >= 0.6 is 11.8 Å². The molecule has 0 bridgehead atoms. The van der Waals surface area contributed by atoms with Gasteiger partial charge in [0.2, 0.25) is 5.91 Å². The highest BCUT2D eigenvalue weighted by Crippen LogP contribution is 2.30. The zero-order valence-corrected chi connectivity index (χ0v) is 15.6. The van der Waals surface area contributed by atoms with Crippen LogP contribution in [0.4, 0.5) is 0 Å². The van der Waals surface area contributed by atoms with Crippen molar-refractivity contribution in [1.29, 1.82) is 0 Å². The third kappa shape index (κ3) is 4.44. The number of benzene rings is 1. The summed E-state index contributed by atoms with van der Waals surface area (Å²) in [5.41, 5.74) is 1.86. The van der Waals surface area contributed by atoms with Crippen LogP contribution in [-0.2, 0) is 9.53 Å². The Balaban J connectivity index is 1.57. The van der Waals surface area contributed by atoms with E-state index >= 15 is 0 Å². The predicted octanol–water partition coefficient (Wildman–Crippen LogP) is 3.24. The number of ether oxygens (including phenoxy) is 1. The summed E-state index contributed by atoms with van der Waals surface area (Å²) in [5, 5.41) is 12.1. The van der Waals surface area contributed by atoms with Gasteiger partial charge in [0, 0.05) is 36.9 Å². The van der Waals surface area contributed by atoms with Gasteiger partial charge in [0.25, 0.3) is 11.1 Å². The standard InChI is InChI=1S/C18H22N4O3S/c1-3-24-10-6-9-19-16(23)12(2)26-18-22-21-17(25-18)14-11-20-15-8-5-4-7-13(14)15/h4-5,7-8,11-12,20H,3,6,9-10H2,1-2H3,(H,19,23). The first-order valence-corrected chi connectivity index (χ1v) is 9.49. The molecule has 1 amide bonds. The number of para-hydroxylation sites is 1. The zero-order valence-electron chi connectivity index (χ0n) is 14.8. The van der Waals surface area contributed by atoms with Crippen LogP contribution in [-0.4, -0.2) is 46.1 Å². The second-order valence-corrected chi connectivity index (χ2v) is 7.01. The van der Waals surface area contributed by atoms with E-state index in [-0.39, 0.29) is 11.2 Å². The van der Waals surface area contributed by atoms with Crippen LogP contribution < -0.4 is 5.32 Å². The molecule has 2 aromatic heterocycles. The molecule has 0 radical (unpaired) electrons. The van der Waals surface area contributed by atoms with Crippen molar-refractivity contribution in [2.45, 2.75) is 30.7 Å². The fraction of sp³-hybridized carbons (Fsp3) is 0.389. The van der Waals surface area contributed by atoms with Crippen molar-refractivity contribution >= 4 is 28.6 Å². The average molecular weight is 374 g/mol. The molecule has 1 aromatic carbocycles. The number of fused-ring (bicyclic) bond motifs is 1. The second-order valence-electron chi connectivity index (χ2n) is 5.72. The van der Waals surface area contributed by atoms with E-state index in [9.17, 15) is 4.79 Å². The fourth-order valence-electron chi connectivity index (χ4n) is 2.49. The lowest BCUT2D eigenvalue weighted by atomic mass is 10.2. The molecule has 7 nitrogen and oxygen atoms in total. The maximum atomic E-state index is 12.1. The molecule has 0 saturated carbocycles. The number of aromatic amines is 1. The van der Waals surface area contributed by atoms with Crippen molar-refractivity contribution in [3.63, 3.8) is 0 Å². The van der Waals surface area contributed by atoms with Crippen molar-refractivity contribution in [2.75, 3.05) is 19.8 Å². The minimum absolute atomic E-state index is 0.0571. The van der Waals surface area contributed by atoms with Gasteiger partial charge in [0.1, 0.15) is 0 Å². The lowest BCUT2D eigenvalue weighted by molar-refractivity contribution is -0.120. The summed E-state index contributed by atoms with van der Waals surface area (Å²) in [6.45, 7) is 5.70. The summed E-state index contributed by atoms with van der Waals surface area (Å²) in [6, 6.07) is 7.91. The van der Waals surface area contributed by atoms with Gasteiger partial charge in [0.05, 0.1) is 10.8 Å². The quantitative estimate of drug-likeness (QED) is 0.441. The molecule has 2 N–H and O–H groups in total. The summed E-state index contributed by atoms with van der Waals surface area (Å²) < 4.78 is 11.0. The molecule has 0 saturated heterocycles. The Labute approximate surface area is 155 Å². The minimum Gasteiger partial charge on any atom is -0.411 e. The van der Waals surface area contributed by atoms with Crippen LogP contribution in [0.25, 0.3) is 22.4 Å². The van der Waals surface area contributed by atoms with Crippen LogP contribution in [0, 0.1) is 0 Å². The van der Waals surface area contributed by atoms with E-state index in [1.54, 1.807) is 0 Å². The van der Waals surface area contributed by atoms with E-state index < -0.39 is 0 Å². The van der Waals surface area contributed by atoms with Gasteiger partial charge in [-0.05, 0) is 26.3 Å². The second kappa shape index (κ2) is 8.86. The summed E-state index contributed by atoms with van der Waals surface area (Å²) in [5.74, 6) is 0.382. The van der Waals surface area contributed by atoms with E-state index in [1.165, 1.54) is 11.8 Å². The SMILES string of the molecule is CCOCCCNC(=O)C(C)Sc1nnc(-c2c[nH]c3ccccc23)o1. The highest BCUT2D eigenvalue weighted by Gasteiger charge is 2.19. The highest BCUT2D eigenvalue weighted by atomic mass is 32.2. The summed E-state index contributed by atoms with van der Waals surface area (Å²) in [6.07, 6.45) is 2.64. The minimum atomic E-state index is -0.321. The average Bonchev–Trinajstić information content (AvgIpc) is 3.27. The third-order valence-electron chi connectivity index (χ3n) is 3.84. The Bertz CT molecular complexity index is 861. The van der Waals surface area contributed by atoms with E-state index in [4.69, 9.17) is 9.15 Å². The van der Waals surface area contributed by atoms with E-state index in [0.29, 0.717) is 30.9 Å². The number of thioether (sulfide) groups is 1. The molecule has 0 spiro atoms. The highest BCUT2D eigenvalue weighted by molar-refractivity contribution is 8.00. The van der Waals surface area contributed by atoms with Crippen LogP contribution in [0.15, 0.2) is 40.1 Å². The van der Waals surface area contributed by atoms with Crippen molar-refractivity contribution in [2.24, 2.45) is 0 Å². The molecule has 3 rings (SSSR count). The van der Waals surface area contributed by atoms with Crippen molar-refractivity contribution in [3.8, 4) is 11.5 Å².